The van der Waals surface area contributed by atoms with Gasteiger partial charge in [-0.05, 0) is 34.2 Å². The maximum atomic E-state index is 5.30. The van der Waals surface area contributed by atoms with Crippen molar-refractivity contribution >= 4 is 21.7 Å². The van der Waals surface area contributed by atoms with Gasteiger partial charge in [0.15, 0.2) is 11.6 Å². The van der Waals surface area contributed by atoms with Crippen LogP contribution in [-0.4, -0.2) is 24.9 Å². The van der Waals surface area contributed by atoms with E-state index in [1.165, 1.54) is 0 Å². The highest BCUT2D eigenvalue weighted by atomic mass is 15.0. The molecule has 0 bridgehead atoms. The standard InChI is InChI=1S/C39H25N5/c1-5-13-26(14-6-1)33-23-34(43-38(42-33)29-19-11-4-12-20-29)39-41-25-32-31-24-40-22-21-30(31)35(27-15-7-2-8-16-27)36(37(32)44-39)28-17-9-3-10-18-28/h1-25H. The predicted molar refractivity (Wildman–Crippen MR) is 178 cm³/mol. The van der Waals surface area contributed by atoms with Crippen LogP contribution in [0.4, 0.5) is 0 Å². The zero-order valence-electron chi connectivity index (χ0n) is 23.7. The fourth-order valence-corrected chi connectivity index (χ4v) is 5.80. The lowest BCUT2D eigenvalue weighted by Crippen LogP contribution is -2.00. The van der Waals surface area contributed by atoms with Crippen molar-refractivity contribution in [3.8, 4) is 56.4 Å². The minimum atomic E-state index is 0.536. The zero-order valence-corrected chi connectivity index (χ0v) is 23.7. The van der Waals surface area contributed by atoms with Crippen molar-refractivity contribution in [2.24, 2.45) is 0 Å². The van der Waals surface area contributed by atoms with E-state index in [1.807, 2.05) is 85.3 Å². The normalized spacial score (nSPS) is 11.2. The molecule has 0 fully saturated rings. The SMILES string of the molecule is c1ccc(-c2cc(-c3ncc4c(n3)c(-c3ccccc3)c(-c3ccccc3)c3ccncc34)nc(-c3ccccc3)n2)cc1. The van der Waals surface area contributed by atoms with Gasteiger partial charge in [-0.15, -0.1) is 0 Å². The summed E-state index contributed by atoms with van der Waals surface area (Å²) < 4.78 is 0. The Kier molecular flexibility index (Phi) is 6.39. The molecular formula is C39H25N5. The van der Waals surface area contributed by atoms with Gasteiger partial charge in [0.25, 0.3) is 0 Å². The van der Waals surface area contributed by atoms with Gasteiger partial charge in [0.1, 0.15) is 5.69 Å². The number of aromatic nitrogens is 5. The highest BCUT2D eigenvalue weighted by Gasteiger charge is 2.21. The minimum Gasteiger partial charge on any atom is -0.264 e. The average molecular weight is 564 g/mol. The number of fused-ring (bicyclic) bond motifs is 3. The second kappa shape index (κ2) is 11.0. The third-order valence-corrected chi connectivity index (χ3v) is 7.84. The summed E-state index contributed by atoms with van der Waals surface area (Å²) in [5.41, 5.74) is 8.62. The molecule has 0 aliphatic rings. The Balaban J connectivity index is 1.45. The molecule has 0 saturated carbocycles. The Morgan fingerprint density at radius 3 is 1.61 bits per heavy atom. The van der Waals surface area contributed by atoms with Gasteiger partial charge in [-0.25, -0.2) is 19.9 Å². The lowest BCUT2D eigenvalue weighted by atomic mass is 9.88. The van der Waals surface area contributed by atoms with Gasteiger partial charge in [0.05, 0.1) is 11.2 Å². The third-order valence-electron chi connectivity index (χ3n) is 7.84. The van der Waals surface area contributed by atoms with Gasteiger partial charge in [0, 0.05) is 46.1 Å². The van der Waals surface area contributed by atoms with Crippen LogP contribution in [0.3, 0.4) is 0 Å². The van der Waals surface area contributed by atoms with Gasteiger partial charge in [-0.2, -0.15) is 0 Å². The maximum absolute atomic E-state index is 5.30. The third kappa shape index (κ3) is 4.57. The second-order valence-corrected chi connectivity index (χ2v) is 10.6. The number of nitrogens with zero attached hydrogens (tertiary/aromatic N) is 5. The predicted octanol–water partition coefficient (Wildman–Crippen LogP) is 9.30. The van der Waals surface area contributed by atoms with Crippen LogP contribution in [0.5, 0.6) is 0 Å². The van der Waals surface area contributed by atoms with Crippen molar-refractivity contribution < 1.29 is 0 Å². The molecule has 0 atom stereocenters. The molecule has 0 saturated heterocycles. The molecule has 0 spiro atoms. The molecule has 0 unspecified atom stereocenters. The van der Waals surface area contributed by atoms with Crippen LogP contribution < -0.4 is 0 Å². The fraction of sp³-hybridized carbons (Fsp3) is 0. The van der Waals surface area contributed by atoms with E-state index in [2.05, 4.69) is 71.7 Å². The van der Waals surface area contributed by atoms with Crippen LogP contribution in [0.25, 0.3) is 78.1 Å². The number of pyridine rings is 1. The summed E-state index contributed by atoms with van der Waals surface area (Å²) in [6.07, 6.45) is 5.67. The second-order valence-electron chi connectivity index (χ2n) is 10.6. The van der Waals surface area contributed by atoms with Crippen LogP contribution >= 0.6 is 0 Å². The van der Waals surface area contributed by atoms with Gasteiger partial charge >= 0.3 is 0 Å². The Morgan fingerprint density at radius 2 is 0.955 bits per heavy atom. The summed E-state index contributed by atoms with van der Waals surface area (Å²) >= 11 is 0. The Hall–Kier alpha value is -6.07. The molecule has 0 aliphatic carbocycles. The Labute approximate surface area is 254 Å². The molecule has 0 N–H and O–H groups in total. The number of rotatable bonds is 5. The van der Waals surface area contributed by atoms with Crippen molar-refractivity contribution in [2.45, 2.75) is 0 Å². The van der Waals surface area contributed by atoms with Crippen molar-refractivity contribution in [3.05, 3.63) is 152 Å². The fourth-order valence-electron chi connectivity index (χ4n) is 5.80. The molecular weight excluding hydrogens is 538 g/mol. The van der Waals surface area contributed by atoms with Gasteiger partial charge in [0.2, 0.25) is 0 Å². The van der Waals surface area contributed by atoms with Crippen LogP contribution in [0.15, 0.2) is 152 Å². The first-order valence-corrected chi connectivity index (χ1v) is 14.5. The van der Waals surface area contributed by atoms with E-state index in [0.29, 0.717) is 17.3 Å². The van der Waals surface area contributed by atoms with Crippen molar-refractivity contribution in [2.75, 3.05) is 0 Å². The Bertz CT molecular complexity index is 2200. The van der Waals surface area contributed by atoms with Crippen molar-refractivity contribution in [3.63, 3.8) is 0 Å². The van der Waals surface area contributed by atoms with Crippen molar-refractivity contribution in [1.82, 2.24) is 24.9 Å². The van der Waals surface area contributed by atoms with E-state index in [-0.39, 0.29) is 0 Å². The molecule has 8 aromatic rings. The molecule has 5 heteroatoms. The number of hydrogen-bond acceptors (Lipinski definition) is 5. The van der Waals surface area contributed by atoms with Gasteiger partial charge < -0.3 is 0 Å². The molecule has 5 aromatic carbocycles. The monoisotopic (exact) mass is 563 g/mol. The first kappa shape index (κ1) is 25.6. The zero-order chi connectivity index (χ0) is 29.3. The van der Waals surface area contributed by atoms with Gasteiger partial charge in [-0.3, -0.25) is 4.98 Å². The largest absolute Gasteiger partial charge is 0.264 e. The van der Waals surface area contributed by atoms with E-state index in [9.17, 15) is 0 Å². The van der Waals surface area contributed by atoms with Crippen LogP contribution in [0, 0.1) is 0 Å². The quantitative estimate of drug-likeness (QED) is 0.195. The molecule has 0 amide bonds. The van der Waals surface area contributed by atoms with E-state index in [4.69, 9.17) is 19.9 Å². The topological polar surface area (TPSA) is 64.5 Å². The van der Waals surface area contributed by atoms with E-state index in [1.54, 1.807) is 0 Å². The van der Waals surface area contributed by atoms with Crippen LogP contribution in [0.2, 0.25) is 0 Å². The maximum Gasteiger partial charge on any atom is 0.178 e. The number of benzene rings is 5. The summed E-state index contributed by atoms with van der Waals surface area (Å²) in [7, 11) is 0. The van der Waals surface area contributed by atoms with E-state index >= 15 is 0 Å². The summed E-state index contributed by atoms with van der Waals surface area (Å²) in [4.78, 5) is 24.6. The van der Waals surface area contributed by atoms with Gasteiger partial charge in [-0.1, -0.05) is 121 Å². The number of hydrogen-bond donors (Lipinski definition) is 0. The summed E-state index contributed by atoms with van der Waals surface area (Å²) in [5, 5.41) is 3.05. The van der Waals surface area contributed by atoms with Crippen LogP contribution in [0.1, 0.15) is 0 Å². The molecule has 8 rings (SSSR count). The van der Waals surface area contributed by atoms with E-state index in [0.717, 1.165) is 60.8 Å². The first-order chi connectivity index (χ1) is 21.8. The molecule has 5 nitrogen and oxygen atoms in total. The average Bonchev–Trinajstić information content (AvgIpc) is 3.12. The van der Waals surface area contributed by atoms with Crippen molar-refractivity contribution in [1.29, 1.82) is 0 Å². The highest BCUT2D eigenvalue weighted by molar-refractivity contribution is 6.20. The molecule has 3 heterocycles. The smallest absolute Gasteiger partial charge is 0.178 e. The summed E-state index contributed by atoms with van der Waals surface area (Å²) in [6, 6.07) is 45.2. The highest BCUT2D eigenvalue weighted by Crippen LogP contribution is 2.43. The molecule has 206 valence electrons. The molecule has 44 heavy (non-hydrogen) atoms. The molecule has 3 aromatic heterocycles. The van der Waals surface area contributed by atoms with E-state index < -0.39 is 0 Å². The first-order valence-electron chi connectivity index (χ1n) is 14.5. The molecule has 0 aliphatic heterocycles. The summed E-state index contributed by atoms with van der Waals surface area (Å²) in [6.45, 7) is 0. The minimum absolute atomic E-state index is 0.536. The Morgan fingerprint density at radius 1 is 0.386 bits per heavy atom. The lowest BCUT2D eigenvalue weighted by Gasteiger charge is -2.18. The summed E-state index contributed by atoms with van der Waals surface area (Å²) in [5.74, 6) is 1.16. The lowest BCUT2D eigenvalue weighted by molar-refractivity contribution is 1.13. The van der Waals surface area contributed by atoms with Crippen LogP contribution in [-0.2, 0) is 0 Å². The molecule has 0 radical (unpaired) electrons.